The minimum Gasteiger partial charge on any atom is -0.348 e. The zero-order valence-corrected chi connectivity index (χ0v) is 16.9. The van der Waals surface area contributed by atoms with Crippen molar-refractivity contribution < 1.29 is 4.79 Å². The van der Waals surface area contributed by atoms with Crippen LogP contribution in [0.25, 0.3) is 16.9 Å². The van der Waals surface area contributed by atoms with Gasteiger partial charge in [0.1, 0.15) is 5.69 Å². The number of rotatable bonds is 5. The second-order valence-electron chi connectivity index (χ2n) is 6.80. The number of carbonyl (C=O) groups excluding carboxylic acids is 1. The van der Waals surface area contributed by atoms with Crippen LogP contribution in [0.4, 0.5) is 0 Å². The van der Waals surface area contributed by atoms with Crippen molar-refractivity contribution in [2.24, 2.45) is 5.92 Å². The molecule has 1 amide bonds. The third-order valence-electron chi connectivity index (χ3n) is 4.52. The molecule has 0 bridgehead atoms. The minimum atomic E-state index is -0.183. The molecule has 0 radical (unpaired) electrons. The van der Waals surface area contributed by atoms with Crippen LogP contribution in [0.2, 0.25) is 10.0 Å². The lowest BCUT2D eigenvalue weighted by molar-refractivity contribution is 0.0922. The van der Waals surface area contributed by atoms with Crippen LogP contribution in [0.15, 0.2) is 54.6 Å². The van der Waals surface area contributed by atoms with Crippen LogP contribution in [0, 0.1) is 5.92 Å². The van der Waals surface area contributed by atoms with Crippen LogP contribution in [-0.4, -0.2) is 21.7 Å². The number of hydrogen-bond donors (Lipinski definition) is 1. The molecular weight excluding hydrogens is 381 g/mol. The van der Waals surface area contributed by atoms with E-state index in [2.05, 4.69) is 24.3 Å². The maximum atomic E-state index is 12.9. The highest BCUT2D eigenvalue weighted by molar-refractivity contribution is 6.42. The highest BCUT2D eigenvalue weighted by atomic mass is 35.5. The van der Waals surface area contributed by atoms with Crippen molar-refractivity contribution in [2.75, 3.05) is 0 Å². The largest absolute Gasteiger partial charge is 0.348 e. The van der Waals surface area contributed by atoms with Crippen molar-refractivity contribution in [1.29, 1.82) is 0 Å². The highest BCUT2D eigenvalue weighted by Crippen LogP contribution is 2.27. The van der Waals surface area contributed by atoms with Gasteiger partial charge in [-0.3, -0.25) is 4.79 Å². The molecule has 0 fully saturated rings. The van der Waals surface area contributed by atoms with Gasteiger partial charge in [0.2, 0.25) is 0 Å². The molecule has 0 saturated heterocycles. The smallest absolute Gasteiger partial charge is 0.270 e. The molecule has 1 atom stereocenters. The maximum Gasteiger partial charge on any atom is 0.270 e. The Balaban J connectivity index is 2.08. The molecule has 1 aromatic heterocycles. The molecule has 3 rings (SSSR count). The van der Waals surface area contributed by atoms with Crippen LogP contribution in [0.5, 0.6) is 0 Å². The van der Waals surface area contributed by atoms with Crippen molar-refractivity contribution in [3.05, 3.63) is 70.3 Å². The van der Waals surface area contributed by atoms with E-state index in [1.165, 1.54) is 0 Å². The summed E-state index contributed by atoms with van der Waals surface area (Å²) in [7, 11) is 0. The van der Waals surface area contributed by atoms with Crippen LogP contribution < -0.4 is 5.32 Å². The fourth-order valence-electron chi connectivity index (χ4n) is 2.55. The van der Waals surface area contributed by atoms with Crippen molar-refractivity contribution >= 4 is 29.1 Å². The molecule has 0 spiro atoms. The highest BCUT2D eigenvalue weighted by Gasteiger charge is 2.20. The minimum absolute atomic E-state index is 0.0369. The lowest BCUT2D eigenvalue weighted by atomic mass is 10.1. The molecular formula is C21H21Cl2N3O. The van der Waals surface area contributed by atoms with Crippen molar-refractivity contribution in [2.45, 2.75) is 26.8 Å². The normalized spacial score (nSPS) is 12.2. The Morgan fingerprint density at radius 1 is 1.00 bits per heavy atom. The zero-order chi connectivity index (χ0) is 19.6. The Bertz CT molecular complexity index is 951. The number of nitrogens with zero attached hydrogens (tertiary/aromatic N) is 2. The van der Waals surface area contributed by atoms with Gasteiger partial charge in [-0.2, -0.15) is 5.10 Å². The van der Waals surface area contributed by atoms with E-state index >= 15 is 0 Å². The van der Waals surface area contributed by atoms with Crippen LogP contribution >= 0.6 is 23.2 Å². The average molecular weight is 402 g/mol. The van der Waals surface area contributed by atoms with Gasteiger partial charge in [-0.05, 0) is 37.1 Å². The van der Waals surface area contributed by atoms with Gasteiger partial charge in [0.15, 0.2) is 0 Å². The topological polar surface area (TPSA) is 46.9 Å². The van der Waals surface area contributed by atoms with Crippen molar-refractivity contribution in [3.63, 3.8) is 0 Å². The molecule has 3 aromatic rings. The Morgan fingerprint density at radius 3 is 2.33 bits per heavy atom. The molecule has 1 N–H and O–H groups in total. The molecule has 1 heterocycles. The Morgan fingerprint density at radius 2 is 1.70 bits per heavy atom. The van der Waals surface area contributed by atoms with Gasteiger partial charge >= 0.3 is 0 Å². The predicted octanol–water partition coefficient (Wildman–Crippen LogP) is 5.62. The summed E-state index contributed by atoms with van der Waals surface area (Å²) in [5, 5.41) is 8.55. The quantitative estimate of drug-likeness (QED) is 0.602. The molecule has 0 aliphatic carbocycles. The Labute approximate surface area is 169 Å². The molecule has 6 heteroatoms. The van der Waals surface area contributed by atoms with Crippen LogP contribution in [0.3, 0.4) is 0 Å². The van der Waals surface area contributed by atoms with E-state index in [0.717, 1.165) is 5.56 Å². The van der Waals surface area contributed by atoms with Gasteiger partial charge < -0.3 is 5.32 Å². The van der Waals surface area contributed by atoms with E-state index in [4.69, 9.17) is 23.2 Å². The number of aromatic nitrogens is 2. The lowest BCUT2D eigenvalue weighted by Crippen LogP contribution is -2.37. The summed E-state index contributed by atoms with van der Waals surface area (Å²) in [6.45, 7) is 6.12. The summed E-state index contributed by atoms with van der Waals surface area (Å²) in [6, 6.07) is 16.8. The average Bonchev–Trinajstić information content (AvgIpc) is 3.10. The maximum absolute atomic E-state index is 12.9. The van der Waals surface area contributed by atoms with E-state index in [1.807, 2.05) is 37.3 Å². The van der Waals surface area contributed by atoms with Crippen LogP contribution in [0.1, 0.15) is 31.3 Å². The first kappa shape index (κ1) is 19.5. The van der Waals surface area contributed by atoms with E-state index < -0.39 is 0 Å². The third-order valence-corrected chi connectivity index (χ3v) is 5.26. The van der Waals surface area contributed by atoms with Gasteiger partial charge in [-0.1, -0.05) is 67.4 Å². The van der Waals surface area contributed by atoms with Gasteiger partial charge in [0, 0.05) is 11.6 Å². The Kier molecular flexibility index (Phi) is 5.88. The molecule has 2 aromatic carbocycles. The van der Waals surface area contributed by atoms with Gasteiger partial charge in [-0.25, -0.2) is 4.68 Å². The number of halogens is 2. The second-order valence-corrected chi connectivity index (χ2v) is 7.61. The monoisotopic (exact) mass is 401 g/mol. The molecule has 140 valence electrons. The number of nitrogens with one attached hydrogen (secondary N) is 1. The van der Waals surface area contributed by atoms with Gasteiger partial charge in [-0.15, -0.1) is 0 Å². The van der Waals surface area contributed by atoms with Crippen LogP contribution in [-0.2, 0) is 0 Å². The standard InChI is InChI=1S/C21H21Cl2N3O/c1-13(2)14(3)24-21(27)20-12-19(15-7-5-4-6-8-15)25-26(20)16-9-10-17(22)18(23)11-16/h4-14H,1-3H3,(H,24,27). The number of carbonyl (C=O) groups is 1. The van der Waals surface area contributed by atoms with E-state index in [9.17, 15) is 4.79 Å². The fraction of sp³-hybridized carbons (Fsp3) is 0.238. The fourth-order valence-corrected chi connectivity index (χ4v) is 2.85. The van der Waals surface area contributed by atoms with Crippen molar-refractivity contribution in [3.8, 4) is 16.9 Å². The molecule has 1 unspecified atom stereocenters. The number of benzene rings is 2. The first-order valence-electron chi connectivity index (χ1n) is 8.78. The molecule has 27 heavy (non-hydrogen) atoms. The van der Waals surface area contributed by atoms with E-state index in [1.54, 1.807) is 28.9 Å². The predicted molar refractivity (Wildman–Crippen MR) is 111 cm³/mol. The zero-order valence-electron chi connectivity index (χ0n) is 15.4. The number of hydrogen-bond acceptors (Lipinski definition) is 2. The summed E-state index contributed by atoms with van der Waals surface area (Å²) in [5.41, 5.74) is 2.76. The lowest BCUT2D eigenvalue weighted by Gasteiger charge is -2.17. The van der Waals surface area contributed by atoms with E-state index in [-0.39, 0.29) is 11.9 Å². The summed E-state index contributed by atoms with van der Waals surface area (Å²) >= 11 is 12.2. The summed E-state index contributed by atoms with van der Waals surface area (Å²) in [6.07, 6.45) is 0. The third kappa shape index (κ3) is 4.34. The molecule has 4 nitrogen and oxygen atoms in total. The molecule has 0 saturated carbocycles. The van der Waals surface area contributed by atoms with Gasteiger partial charge in [0.05, 0.1) is 21.4 Å². The van der Waals surface area contributed by atoms with Gasteiger partial charge in [0.25, 0.3) is 5.91 Å². The first-order chi connectivity index (χ1) is 12.9. The second kappa shape index (κ2) is 8.15. The van der Waals surface area contributed by atoms with E-state index in [0.29, 0.717) is 33.0 Å². The Hall–Kier alpha value is -2.30. The van der Waals surface area contributed by atoms with Crippen molar-refractivity contribution in [1.82, 2.24) is 15.1 Å². The summed E-state index contributed by atoms with van der Waals surface area (Å²) < 4.78 is 1.60. The SMILES string of the molecule is CC(C)C(C)NC(=O)c1cc(-c2ccccc2)nn1-c1ccc(Cl)c(Cl)c1. The summed E-state index contributed by atoms with van der Waals surface area (Å²) in [4.78, 5) is 12.9. The first-order valence-corrected chi connectivity index (χ1v) is 9.54. The molecule has 0 aliphatic heterocycles. The summed E-state index contributed by atoms with van der Waals surface area (Å²) in [5.74, 6) is 0.140. The number of amides is 1. The molecule has 0 aliphatic rings.